The third-order valence-corrected chi connectivity index (χ3v) is 4.58. The minimum atomic E-state index is -0.499. The van der Waals surface area contributed by atoms with Crippen molar-refractivity contribution in [3.63, 3.8) is 0 Å². The molecule has 0 radical (unpaired) electrons. The molecule has 7 nitrogen and oxygen atoms in total. The van der Waals surface area contributed by atoms with E-state index in [0.29, 0.717) is 18.7 Å². The monoisotopic (exact) mass is 372 g/mol. The molecule has 2 atom stereocenters. The largest absolute Gasteiger partial charge is 0.496 e. The van der Waals surface area contributed by atoms with Crippen LogP contribution in [0.1, 0.15) is 21.5 Å². The van der Waals surface area contributed by atoms with Crippen LogP contribution in [-0.2, 0) is 11.2 Å². The van der Waals surface area contributed by atoms with Crippen molar-refractivity contribution in [2.75, 3.05) is 20.2 Å². The normalized spacial score (nSPS) is 18.4. The number of ether oxygens (including phenoxy) is 1. The van der Waals surface area contributed by atoms with Gasteiger partial charge in [0, 0.05) is 37.0 Å². The summed E-state index contributed by atoms with van der Waals surface area (Å²) in [6.07, 6.45) is 3.75. The molecular formula is C20H24N2O5. The molecule has 0 bridgehead atoms. The molecule has 2 N–H and O–H groups in total. The number of likely N-dealkylation sites (tertiary alicyclic amines) is 1. The first-order valence-electron chi connectivity index (χ1n) is 8.58. The molecular weight excluding hydrogens is 348 g/mol. The number of rotatable bonds is 4. The number of pyridine rings is 1. The summed E-state index contributed by atoms with van der Waals surface area (Å²) in [6.45, 7) is 2.60. The van der Waals surface area contributed by atoms with Gasteiger partial charge in [0.2, 0.25) is 0 Å². The van der Waals surface area contributed by atoms with E-state index in [1.165, 1.54) is 0 Å². The minimum Gasteiger partial charge on any atom is -0.496 e. The lowest BCUT2D eigenvalue weighted by Crippen LogP contribution is -2.29. The molecule has 1 saturated heterocycles. The van der Waals surface area contributed by atoms with Crippen molar-refractivity contribution in [3.8, 4) is 5.75 Å². The standard InChI is InChI=1S/C19H22N2O3.CH2O2/c1-13-9-15(3-4-18(13)24-2)19(23)21-11-16(17(22)12-21)10-14-5-7-20-8-6-14;2-1-3/h3-9,16-17,22H,10-12H2,1-2H3;1H,(H,2,3)/t16-,17-;/m1./s1. The Morgan fingerprint density at radius 2 is 1.96 bits per heavy atom. The zero-order valence-electron chi connectivity index (χ0n) is 15.4. The number of hydrogen-bond donors (Lipinski definition) is 2. The number of benzene rings is 1. The number of nitrogens with zero attached hydrogens (tertiary/aromatic N) is 2. The SMILES string of the molecule is COc1ccc(C(=O)N2C[C@@H](Cc3ccncc3)[C@H](O)C2)cc1C.O=CO. The van der Waals surface area contributed by atoms with Crippen molar-refractivity contribution in [2.45, 2.75) is 19.4 Å². The van der Waals surface area contributed by atoms with E-state index in [0.717, 1.165) is 23.3 Å². The first kappa shape index (κ1) is 20.4. The van der Waals surface area contributed by atoms with Gasteiger partial charge in [0.1, 0.15) is 5.75 Å². The Kier molecular flexibility index (Phi) is 7.31. The van der Waals surface area contributed by atoms with Crippen molar-refractivity contribution in [1.82, 2.24) is 9.88 Å². The minimum absolute atomic E-state index is 0.0444. The number of aryl methyl sites for hydroxylation is 1. The number of hydrogen-bond acceptors (Lipinski definition) is 5. The van der Waals surface area contributed by atoms with Crippen LogP contribution in [0.4, 0.5) is 0 Å². The molecule has 1 aromatic heterocycles. The number of aliphatic hydroxyl groups is 1. The Balaban J connectivity index is 0.000000817. The van der Waals surface area contributed by atoms with E-state index in [1.807, 2.05) is 31.2 Å². The van der Waals surface area contributed by atoms with Crippen molar-refractivity contribution < 1.29 is 24.5 Å². The molecule has 1 aliphatic rings. The highest BCUT2D eigenvalue weighted by Gasteiger charge is 2.34. The third-order valence-electron chi connectivity index (χ3n) is 4.58. The molecule has 1 amide bonds. The fraction of sp³-hybridized carbons (Fsp3) is 0.350. The Hall–Kier alpha value is -2.93. The van der Waals surface area contributed by atoms with Gasteiger partial charge in [-0.2, -0.15) is 0 Å². The van der Waals surface area contributed by atoms with Gasteiger partial charge in [-0.1, -0.05) is 0 Å². The average molecular weight is 372 g/mol. The Labute approximate surface area is 158 Å². The summed E-state index contributed by atoms with van der Waals surface area (Å²) in [7, 11) is 1.62. The maximum Gasteiger partial charge on any atom is 0.290 e. The fourth-order valence-corrected chi connectivity index (χ4v) is 3.24. The van der Waals surface area contributed by atoms with Crippen molar-refractivity contribution in [1.29, 1.82) is 0 Å². The summed E-state index contributed by atoms with van der Waals surface area (Å²) >= 11 is 0. The molecule has 1 fully saturated rings. The van der Waals surface area contributed by atoms with Gasteiger partial charge in [0.25, 0.3) is 12.4 Å². The highest BCUT2D eigenvalue weighted by molar-refractivity contribution is 5.94. The van der Waals surface area contributed by atoms with E-state index in [1.54, 1.807) is 30.5 Å². The maximum atomic E-state index is 12.7. The van der Waals surface area contributed by atoms with Crippen LogP contribution < -0.4 is 4.74 Å². The molecule has 1 aromatic carbocycles. The Morgan fingerprint density at radius 1 is 1.30 bits per heavy atom. The summed E-state index contributed by atoms with van der Waals surface area (Å²) in [5.41, 5.74) is 2.69. The average Bonchev–Trinajstić information content (AvgIpc) is 3.03. The highest BCUT2D eigenvalue weighted by Crippen LogP contribution is 2.25. The van der Waals surface area contributed by atoms with Gasteiger partial charge in [-0.25, -0.2) is 0 Å². The molecule has 0 aliphatic carbocycles. The molecule has 7 heteroatoms. The zero-order chi connectivity index (χ0) is 19.8. The van der Waals surface area contributed by atoms with Crippen LogP contribution in [0.15, 0.2) is 42.7 Å². The predicted molar refractivity (Wildman–Crippen MR) is 99.8 cm³/mol. The quantitative estimate of drug-likeness (QED) is 0.794. The van der Waals surface area contributed by atoms with Gasteiger partial charge in [-0.05, 0) is 54.8 Å². The van der Waals surface area contributed by atoms with E-state index in [9.17, 15) is 9.90 Å². The van der Waals surface area contributed by atoms with E-state index in [-0.39, 0.29) is 18.3 Å². The Bertz CT molecular complexity index is 766. The fourth-order valence-electron chi connectivity index (χ4n) is 3.24. The molecule has 2 heterocycles. The number of aromatic nitrogens is 1. The second-order valence-corrected chi connectivity index (χ2v) is 6.39. The summed E-state index contributed by atoms with van der Waals surface area (Å²) in [4.78, 5) is 26.8. The molecule has 0 spiro atoms. The van der Waals surface area contributed by atoms with E-state index >= 15 is 0 Å². The number of amides is 1. The smallest absolute Gasteiger partial charge is 0.290 e. The Morgan fingerprint density at radius 3 is 2.56 bits per heavy atom. The highest BCUT2D eigenvalue weighted by atomic mass is 16.5. The van der Waals surface area contributed by atoms with E-state index < -0.39 is 6.10 Å². The van der Waals surface area contributed by atoms with Gasteiger partial charge in [0.05, 0.1) is 13.2 Å². The van der Waals surface area contributed by atoms with Crippen LogP contribution in [0.3, 0.4) is 0 Å². The number of methoxy groups -OCH3 is 1. The predicted octanol–water partition coefficient (Wildman–Crippen LogP) is 1.78. The first-order valence-corrected chi connectivity index (χ1v) is 8.58. The van der Waals surface area contributed by atoms with Crippen LogP contribution in [0, 0.1) is 12.8 Å². The summed E-state index contributed by atoms with van der Waals surface area (Å²) in [6, 6.07) is 9.32. The van der Waals surface area contributed by atoms with Crippen LogP contribution in [0.25, 0.3) is 0 Å². The molecule has 0 saturated carbocycles. The lowest BCUT2D eigenvalue weighted by molar-refractivity contribution is -0.122. The van der Waals surface area contributed by atoms with E-state index in [2.05, 4.69) is 4.98 Å². The molecule has 1 aliphatic heterocycles. The molecule has 0 unspecified atom stereocenters. The number of carbonyl (C=O) groups excluding carboxylic acids is 1. The van der Waals surface area contributed by atoms with Crippen LogP contribution >= 0.6 is 0 Å². The van der Waals surface area contributed by atoms with Crippen LogP contribution in [-0.4, -0.2) is 58.8 Å². The van der Waals surface area contributed by atoms with Crippen molar-refractivity contribution >= 4 is 12.4 Å². The van der Waals surface area contributed by atoms with Gasteiger partial charge in [-0.3, -0.25) is 14.6 Å². The number of carboxylic acid groups (broad SMARTS) is 1. The van der Waals surface area contributed by atoms with Crippen molar-refractivity contribution in [3.05, 3.63) is 59.4 Å². The number of β-amino-alcohol motifs (C(OH)–C–C–N with tert-alkyl or cyclic N) is 1. The van der Waals surface area contributed by atoms with E-state index in [4.69, 9.17) is 14.6 Å². The molecule has 144 valence electrons. The second kappa shape index (κ2) is 9.68. The summed E-state index contributed by atoms with van der Waals surface area (Å²) in [5.74, 6) is 0.774. The summed E-state index contributed by atoms with van der Waals surface area (Å²) < 4.78 is 5.24. The topological polar surface area (TPSA) is 100.0 Å². The lowest BCUT2D eigenvalue weighted by Gasteiger charge is -2.17. The third kappa shape index (κ3) is 5.27. The molecule has 2 aromatic rings. The van der Waals surface area contributed by atoms with Crippen LogP contribution in [0.2, 0.25) is 0 Å². The van der Waals surface area contributed by atoms with Gasteiger partial charge in [0.15, 0.2) is 0 Å². The lowest BCUT2D eigenvalue weighted by atomic mass is 9.97. The van der Waals surface area contributed by atoms with Crippen molar-refractivity contribution in [2.24, 2.45) is 5.92 Å². The number of carbonyl (C=O) groups is 2. The maximum absolute atomic E-state index is 12.7. The molecule has 27 heavy (non-hydrogen) atoms. The summed E-state index contributed by atoms with van der Waals surface area (Å²) in [5, 5.41) is 17.2. The second-order valence-electron chi connectivity index (χ2n) is 6.39. The van der Waals surface area contributed by atoms with Crippen LogP contribution in [0.5, 0.6) is 5.75 Å². The molecule has 3 rings (SSSR count). The van der Waals surface area contributed by atoms with Gasteiger partial charge >= 0.3 is 0 Å². The van der Waals surface area contributed by atoms with Gasteiger partial charge in [-0.15, -0.1) is 0 Å². The number of aliphatic hydroxyl groups excluding tert-OH is 1. The first-order chi connectivity index (χ1) is 13.0. The van der Waals surface area contributed by atoms with Gasteiger partial charge < -0.3 is 19.8 Å². The zero-order valence-corrected chi connectivity index (χ0v) is 15.4.